The fraction of sp³-hybridized carbons (Fsp3) is 0.273. The number of fused-ring (bicyclic) bond motifs is 1. The van der Waals surface area contributed by atoms with Gasteiger partial charge >= 0.3 is 0 Å². The number of hydrogen-bond acceptors (Lipinski definition) is 4. The Morgan fingerprint density at radius 1 is 1.10 bits per heavy atom. The molecule has 0 bridgehead atoms. The Kier molecular flexibility index (Phi) is 6.56. The third-order valence-corrected chi connectivity index (χ3v) is 7.13. The first-order chi connectivity index (χ1) is 14.7. The molecule has 0 saturated carbocycles. The number of carbonyl (C=O) groups excluding carboxylic acids is 1. The number of amides is 1. The maximum absolute atomic E-state index is 14.4. The first-order valence-corrected chi connectivity index (χ1v) is 11.3. The number of nitrogens with one attached hydrogen (secondary N) is 1. The lowest BCUT2D eigenvalue weighted by Gasteiger charge is -2.18. The van der Waals surface area contributed by atoms with Crippen LogP contribution in [0.25, 0.3) is 10.9 Å². The molecule has 1 amide bonds. The van der Waals surface area contributed by atoms with Crippen molar-refractivity contribution in [3.05, 3.63) is 70.3 Å². The lowest BCUT2D eigenvalue weighted by Crippen LogP contribution is -2.30. The predicted octanol–water partition coefficient (Wildman–Crippen LogP) is 3.12. The molecular formula is C22H24FN3O4S. The molecule has 0 radical (unpaired) electrons. The van der Waals surface area contributed by atoms with Gasteiger partial charge in [0, 0.05) is 35.9 Å². The molecule has 1 aromatic heterocycles. The molecule has 164 valence electrons. The van der Waals surface area contributed by atoms with Crippen molar-refractivity contribution in [1.29, 1.82) is 0 Å². The van der Waals surface area contributed by atoms with Gasteiger partial charge in [-0.25, -0.2) is 12.8 Å². The lowest BCUT2D eigenvalue weighted by atomic mass is 10.1. The van der Waals surface area contributed by atoms with E-state index in [-0.39, 0.29) is 27.8 Å². The van der Waals surface area contributed by atoms with Crippen molar-refractivity contribution in [2.45, 2.75) is 32.2 Å². The highest BCUT2D eigenvalue weighted by Crippen LogP contribution is 2.20. The molecule has 0 fully saturated rings. The van der Waals surface area contributed by atoms with E-state index in [2.05, 4.69) is 5.32 Å². The van der Waals surface area contributed by atoms with Crippen molar-refractivity contribution >= 4 is 32.5 Å². The van der Waals surface area contributed by atoms with Crippen molar-refractivity contribution in [3.63, 3.8) is 0 Å². The van der Waals surface area contributed by atoms with Gasteiger partial charge in [0.25, 0.3) is 0 Å². The SMILES string of the molecule is CCN(CC)S(=O)(=O)c1ccc(NC(=O)Cn2c(C)cc(=O)c3cccc(F)c32)cc1. The van der Waals surface area contributed by atoms with Crippen LogP contribution in [0.15, 0.2) is 58.2 Å². The van der Waals surface area contributed by atoms with E-state index in [9.17, 15) is 22.4 Å². The summed E-state index contributed by atoms with van der Waals surface area (Å²) in [6.45, 7) is 5.68. The molecule has 0 saturated heterocycles. The Bertz CT molecular complexity index is 1280. The Hall–Kier alpha value is -3.04. The van der Waals surface area contributed by atoms with E-state index in [0.29, 0.717) is 24.5 Å². The van der Waals surface area contributed by atoms with Crippen molar-refractivity contribution in [3.8, 4) is 0 Å². The topological polar surface area (TPSA) is 88.5 Å². The molecule has 1 N–H and O–H groups in total. The monoisotopic (exact) mass is 445 g/mol. The highest BCUT2D eigenvalue weighted by molar-refractivity contribution is 7.89. The number of carbonyl (C=O) groups is 1. The summed E-state index contributed by atoms with van der Waals surface area (Å²) in [5.74, 6) is -1.02. The van der Waals surface area contributed by atoms with Crippen LogP contribution in [-0.4, -0.2) is 36.3 Å². The van der Waals surface area contributed by atoms with Gasteiger partial charge in [-0.1, -0.05) is 19.9 Å². The van der Waals surface area contributed by atoms with Crippen LogP contribution in [-0.2, 0) is 21.4 Å². The predicted molar refractivity (Wildman–Crippen MR) is 118 cm³/mol. The average molecular weight is 446 g/mol. The van der Waals surface area contributed by atoms with Crippen molar-refractivity contribution < 1.29 is 17.6 Å². The van der Waals surface area contributed by atoms with Crippen LogP contribution in [0, 0.1) is 12.7 Å². The van der Waals surface area contributed by atoms with E-state index >= 15 is 0 Å². The number of rotatable bonds is 7. The Balaban J connectivity index is 1.84. The van der Waals surface area contributed by atoms with Gasteiger partial charge in [0.05, 0.1) is 10.4 Å². The van der Waals surface area contributed by atoms with E-state index in [1.165, 1.54) is 57.4 Å². The van der Waals surface area contributed by atoms with Gasteiger partial charge in [0.2, 0.25) is 15.9 Å². The molecule has 31 heavy (non-hydrogen) atoms. The second-order valence-electron chi connectivity index (χ2n) is 7.03. The number of nitrogens with zero attached hydrogens (tertiary/aromatic N) is 2. The molecule has 7 nitrogen and oxygen atoms in total. The third-order valence-electron chi connectivity index (χ3n) is 5.07. The van der Waals surface area contributed by atoms with Gasteiger partial charge in [0.1, 0.15) is 12.4 Å². The highest BCUT2D eigenvalue weighted by Gasteiger charge is 2.21. The number of aromatic nitrogens is 1. The summed E-state index contributed by atoms with van der Waals surface area (Å²) in [5, 5.41) is 2.88. The van der Waals surface area contributed by atoms with Crippen LogP contribution in [0.4, 0.5) is 10.1 Å². The minimum Gasteiger partial charge on any atom is -0.333 e. The van der Waals surface area contributed by atoms with E-state index in [0.717, 1.165) is 0 Å². The Morgan fingerprint density at radius 3 is 2.35 bits per heavy atom. The standard InChI is InChI=1S/C22H24FN3O4S/c1-4-25(5-2)31(29,30)17-11-9-16(10-12-17)24-21(28)14-26-15(3)13-20(27)18-7-6-8-19(23)22(18)26/h6-13H,4-5,14H2,1-3H3,(H,24,28). The summed E-state index contributed by atoms with van der Waals surface area (Å²) in [7, 11) is -3.59. The summed E-state index contributed by atoms with van der Waals surface area (Å²) in [6.07, 6.45) is 0. The largest absolute Gasteiger partial charge is 0.333 e. The molecular weight excluding hydrogens is 421 g/mol. The van der Waals surface area contributed by atoms with Gasteiger partial charge in [0.15, 0.2) is 5.43 Å². The highest BCUT2D eigenvalue weighted by atomic mass is 32.2. The van der Waals surface area contributed by atoms with Gasteiger partial charge in [-0.15, -0.1) is 0 Å². The summed E-state index contributed by atoms with van der Waals surface area (Å²) >= 11 is 0. The number of anilines is 1. The smallest absolute Gasteiger partial charge is 0.244 e. The lowest BCUT2D eigenvalue weighted by molar-refractivity contribution is -0.116. The number of pyridine rings is 1. The van der Waals surface area contributed by atoms with E-state index in [1.807, 2.05) is 0 Å². The first kappa shape index (κ1) is 22.6. The van der Waals surface area contributed by atoms with E-state index in [4.69, 9.17) is 0 Å². The number of aryl methyl sites for hydroxylation is 1. The normalized spacial score (nSPS) is 11.8. The summed E-state index contributed by atoms with van der Waals surface area (Å²) in [6, 6.07) is 11.4. The fourth-order valence-corrected chi connectivity index (χ4v) is 4.94. The third kappa shape index (κ3) is 4.52. The second kappa shape index (κ2) is 8.99. The molecule has 0 aliphatic carbocycles. The van der Waals surface area contributed by atoms with Gasteiger partial charge in [-0.3, -0.25) is 9.59 Å². The fourth-order valence-electron chi connectivity index (χ4n) is 3.48. The Morgan fingerprint density at radius 2 is 1.74 bits per heavy atom. The Labute approximate surface area is 180 Å². The van der Waals surface area contributed by atoms with Crippen molar-refractivity contribution in [2.75, 3.05) is 18.4 Å². The zero-order valence-electron chi connectivity index (χ0n) is 17.6. The molecule has 0 unspecified atom stereocenters. The number of halogens is 1. The maximum Gasteiger partial charge on any atom is 0.244 e. The molecule has 1 heterocycles. The van der Waals surface area contributed by atoms with Gasteiger partial charge < -0.3 is 9.88 Å². The van der Waals surface area contributed by atoms with Crippen LogP contribution < -0.4 is 10.7 Å². The van der Waals surface area contributed by atoms with Crippen LogP contribution in [0.5, 0.6) is 0 Å². The molecule has 3 aromatic rings. The van der Waals surface area contributed by atoms with Crippen LogP contribution in [0.1, 0.15) is 19.5 Å². The first-order valence-electron chi connectivity index (χ1n) is 9.87. The molecule has 0 aliphatic heterocycles. The zero-order valence-corrected chi connectivity index (χ0v) is 18.4. The number of para-hydroxylation sites is 1. The number of hydrogen-bond donors (Lipinski definition) is 1. The van der Waals surface area contributed by atoms with Crippen LogP contribution in [0.2, 0.25) is 0 Å². The molecule has 0 aliphatic rings. The van der Waals surface area contributed by atoms with Crippen LogP contribution >= 0.6 is 0 Å². The minimum atomic E-state index is -3.59. The quantitative estimate of drug-likeness (QED) is 0.605. The van der Waals surface area contributed by atoms with Gasteiger partial charge in [-0.2, -0.15) is 4.31 Å². The number of benzene rings is 2. The zero-order chi connectivity index (χ0) is 22.8. The van der Waals surface area contributed by atoms with Gasteiger partial charge in [-0.05, 0) is 43.3 Å². The van der Waals surface area contributed by atoms with E-state index in [1.54, 1.807) is 20.8 Å². The van der Waals surface area contributed by atoms with Crippen molar-refractivity contribution in [2.24, 2.45) is 0 Å². The van der Waals surface area contributed by atoms with Crippen molar-refractivity contribution in [1.82, 2.24) is 8.87 Å². The molecule has 2 aromatic carbocycles. The summed E-state index contributed by atoms with van der Waals surface area (Å²) in [5.41, 5.74) is 0.627. The average Bonchev–Trinajstić information content (AvgIpc) is 2.72. The van der Waals surface area contributed by atoms with E-state index < -0.39 is 21.7 Å². The molecule has 9 heteroatoms. The summed E-state index contributed by atoms with van der Waals surface area (Å²) in [4.78, 5) is 24.9. The molecule has 3 rings (SSSR count). The summed E-state index contributed by atoms with van der Waals surface area (Å²) < 4.78 is 42.3. The second-order valence-corrected chi connectivity index (χ2v) is 8.97. The molecule has 0 atom stereocenters. The van der Waals surface area contributed by atoms with Crippen LogP contribution in [0.3, 0.4) is 0 Å². The molecule has 0 spiro atoms. The maximum atomic E-state index is 14.4. The minimum absolute atomic E-state index is 0.0725. The number of sulfonamides is 1.